The summed E-state index contributed by atoms with van der Waals surface area (Å²) in [6.07, 6.45) is 0.697. The minimum atomic E-state index is -0.725. The van der Waals surface area contributed by atoms with Crippen molar-refractivity contribution in [2.24, 2.45) is 0 Å². The van der Waals surface area contributed by atoms with Crippen LogP contribution in [-0.2, 0) is 0 Å². The van der Waals surface area contributed by atoms with Gasteiger partial charge in [0.2, 0.25) is 0 Å². The number of nitrogens with one attached hydrogen (secondary N) is 1. The maximum Gasteiger partial charge on any atom is 0.255 e. The van der Waals surface area contributed by atoms with Crippen molar-refractivity contribution < 1.29 is 9.53 Å². The van der Waals surface area contributed by atoms with Gasteiger partial charge in [0.25, 0.3) is 5.91 Å². The molecule has 0 spiro atoms. The van der Waals surface area contributed by atoms with Crippen LogP contribution >= 0.6 is 23.2 Å². The van der Waals surface area contributed by atoms with Gasteiger partial charge in [-0.25, -0.2) is 0 Å². The second-order valence-corrected chi connectivity index (χ2v) is 6.83. The first-order valence-corrected chi connectivity index (χ1v) is 7.69. The van der Waals surface area contributed by atoms with Crippen molar-refractivity contribution in [3.8, 4) is 5.75 Å². The molecule has 22 heavy (non-hydrogen) atoms. The highest BCUT2D eigenvalue weighted by Gasteiger charge is 2.53. The van der Waals surface area contributed by atoms with Crippen LogP contribution in [0, 0.1) is 0 Å². The average Bonchev–Trinajstić information content (AvgIpc) is 3.16. The number of carbonyl (C=O) groups excluding carboxylic acids is 1. The van der Waals surface area contributed by atoms with Crippen LogP contribution in [0.2, 0.25) is 0 Å². The van der Waals surface area contributed by atoms with E-state index in [9.17, 15) is 4.79 Å². The second-order valence-electron chi connectivity index (χ2n) is 5.29. The third kappa shape index (κ3) is 3.06. The average molecular weight is 336 g/mol. The number of alkyl halides is 2. The first-order valence-electron chi connectivity index (χ1n) is 6.93. The minimum absolute atomic E-state index is 0.0534. The lowest BCUT2D eigenvalue weighted by atomic mass is 10.1. The summed E-state index contributed by atoms with van der Waals surface area (Å²) in [5.41, 5.74) is 2.24. The van der Waals surface area contributed by atoms with Crippen LogP contribution in [0.25, 0.3) is 0 Å². The SMILES string of the molecule is COc1cccc(C(=O)Nc2ccccc2[C@@H]2CC2(Cl)Cl)c1. The maximum atomic E-state index is 12.4. The zero-order valence-corrected chi connectivity index (χ0v) is 13.5. The van der Waals surface area contributed by atoms with E-state index in [4.69, 9.17) is 27.9 Å². The van der Waals surface area contributed by atoms with Crippen molar-refractivity contribution >= 4 is 34.8 Å². The normalized spacial score (nSPS) is 18.6. The van der Waals surface area contributed by atoms with Gasteiger partial charge < -0.3 is 10.1 Å². The molecular formula is C17H15Cl2NO2. The van der Waals surface area contributed by atoms with Gasteiger partial charge in [-0.05, 0) is 36.2 Å². The standard InChI is InChI=1S/C17H15Cl2NO2/c1-22-12-6-4-5-11(9-12)16(21)20-15-8-3-2-7-13(15)14-10-17(14,18)19/h2-9,14H,10H2,1H3,(H,20,21)/t14-/m0/s1. The minimum Gasteiger partial charge on any atom is -0.497 e. The van der Waals surface area contributed by atoms with Crippen molar-refractivity contribution in [1.29, 1.82) is 0 Å². The molecule has 1 amide bonds. The lowest BCUT2D eigenvalue weighted by Crippen LogP contribution is -2.13. The number of benzene rings is 2. The third-order valence-corrected chi connectivity index (χ3v) is 4.58. The van der Waals surface area contributed by atoms with Crippen LogP contribution in [0.3, 0.4) is 0 Å². The summed E-state index contributed by atoms with van der Waals surface area (Å²) in [7, 11) is 1.57. The van der Waals surface area contributed by atoms with Gasteiger partial charge in [-0.1, -0.05) is 24.3 Å². The highest BCUT2D eigenvalue weighted by Crippen LogP contribution is 2.60. The Morgan fingerprint density at radius 2 is 1.95 bits per heavy atom. The van der Waals surface area contributed by atoms with Crippen molar-refractivity contribution in [3.05, 3.63) is 59.7 Å². The van der Waals surface area contributed by atoms with Crippen LogP contribution < -0.4 is 10.1 Å². The van der Waals surface area contributed by atoms with E-state index >= 15 is 0 Å². The summed E-state index contributed by atoms with van der Waals surface area (Å²) in [6.45, 7) is 0. The van der Waals surface area contributed by atoms with Gasteiger partial charge in [0.05, 0.1) is 7.11 Å². The zero-order chi connectivity index (χ0) is 15.7. The monoisotopic (exact) mass is 335 g/mol. The number of halogens is 2. The lowest BCUT2D eigenvalue weighted by molar-refractivity contribution is 0.102. The van der Waals surface area contributed by atoms with Crippen molar-refractivity contribution in [2.45, 2.75) is 16.7 Å². The van der Waals surface area contributed by atoms with E-state index in [1.165, 1.54) is 0 Å². The number of para-hydroxylation sites is 1. The molecule has 114 valence electrons. The van der Waals surface area contributed by atoms with Crippen LogP contribution in [-0.4, -0.2) is 17.4 Å². The topological polar surface area (TPSA) is 38.3 Å². The molecule has 0 bridgehead atoms. The van der Waals surface area contributed by atoms with Gasteiger partial charge in [-0.2, -0.15) is 0 Å². The Hall–Kier alpha value is -1.71. The molecule has 5 heteroatoms. The molecular weight excluding hydrogens is 321 g/mol. The van der Waals surface area contributed by atoms with E-state index in [0.29, 0.717) is 17.7 Å². The van der Waals surface area contributed by atoms with E-state index in [1.807, 2.05) is 24.3 Å². The first-order chi connectivity index (χ1) is 10.5. The van der Waals surface area contributed by atoms with Crippen LogP contribution in [0.15, 0.2) is 48.5 Å². The summed E-state index contributed by atoms with van der Waals surface area (Å²) in [5.74, 6) is 0.503. The number of ether oxygens (including phenoxy) is 1. The van der Waals surface area contributed by atoms with Gasteiger partial charge in [-0.3, -0.25) is 4.79 Å². The quantitative estimate of drug-likeness (QED) is 0.828. The van der Waals surface area contributed by atoms with Crippen LogP contribution in [0.1, 0.15) is 28.3 Å². The summed E-state index contributed by atoms with van der Waals surface area (Å²) < 4.78 is 4.41. The number of carbonyl (C=O) groups is 1. The molecule has 0 aliphatic heterocycles. The van der Waals surface area contributed by atoms with Gasteiger partial charge in [0, 0.05) is 17.2 Å². The molecule has 0 heterocycles. The second kappa shape index (κ2) is 5.82. The Morgan fingerprint density at radius 3 is 2.64 bits per heavy atom. The number of methoxy groups -OCH3 is 1. The Labute approximate surface area is 139 Å². The Morgan fingerprint density at radius 1 is 1.23 bits per heavy atom. The number of hydrogen-bond acceptors (Lipinski definition) is 2. The molecule has 0 saturated heterocycles. The largest absolute Gasteiger partial charge is 0.497 e. The molecule has 0 unspecified atom stereocenters. The van der Waals surface area contributed by atoms with E-state index in [2.05, 4.69) is 5.32 Å². The molecule has 3 rings (SSSR count). The molecule has 2 aromatic carbocycles. The van der Waals surface area contributed by atoms with E-state index in [0.717, 1.165) is 11.3 Å². The van der Waals surface area contributed by atoms with Gasteiger partial charge in [-0.15, -0.1) is 23.2 Å². The molecule has 1 aliphatic carbocycles. The molecule has 1 N–H and O–H groups in total. The number of anilines is 1. The highest BCUT2D eigenvalue weighted by atomic mass is 35.5. The highest BCUT2D eigenvalue weighted by molar-refractivity contribution is 6.51. The van der Waals surface area contributed by atoms with E-state index in [-0.39, 0.29) is 11.8 Å². The zero-order valence-electron chi connectivity index (χ0n) is 12.0. The predicted molar refractivity (Wildman–Crippen MR) is 89.2 cm³/mol. The van der Waals surface area contributed by atoms with Gasteiger partial charge in [0.15, 0.2) is 0 Å². The molecule has 1 fully saturated rings. The molecule has 1 atom stereocenters. The third-order valence-electron chi connectivity index (χ3n) is 3.74. The van der Waals surface area contributed by atoms with Crippen molar-refractivity contribution in [3.63, 3.8) is 0 Å². The summed E-state index contributed by atoms with van der Waals surface area (Å²) in [5, 5.41) is 2.93. The molecule has 1 aliphatic rings. The maximum absolute atomic E-state index is 12.4. The summed E-state index contributed by atoms with van der Waals surface area (Å²) in [4.78, 5) is 12.4. The fourth-order valence-electron chi connectivity index (χ4n) is 2.42. The van der Waals surface area contributed by atoms with Crippen LogP contribution in [0.4, 0.5) is 5.69 Å². The Balaban J connectivity index is 1.83. The fourth-order valence-corrected chi connectivity index (χ4v) is 2.97. The molecule has 2 aromatic rings. The van der Waals surface area contributed by atoms with Gasteiger partial charge in [0.1, 0.15) is 10.1 Å². The van der Waals surface area contributed by atoms with E-state index in [1.54, 1.807) is 31.4 Å². The summed E-state index contributed by atoms with van der Waals surface area (Å²) in [6, 6.07) is 14.6. The Kier molecular flexibility index (Phi) is 4.02. The first kappa shape index (κ1) is 15.2. The predicted octanol–water partition coefficient (Wildman–Crippen LogP) is 4.61. The van der Waals surface area contributed by atoms with Gasteiger partial charge >= 0.3 is 0 Å². The van der Waals surface area contributed by atoms with Crippen LogP contribution in [0.5, 0.6) is 5.75 Å². The molecule has 1 saturated carbocycles. The number of rotatable bonds is 4. The number of amides is 1. The Bertz CT molecular complexity index is 715. The molecule has 0 radical (unpaired) electrons. The van der Waals surface area contributed by atoms with Crippen molar-refractivity contribution in [2.75, 3.05) is 12.4 Å². The fraction of sp³-hybridized carbons (Fsp3) is 0.235. The lowest BCUT2D eigenvalue weighted by Gasteiger charge is -2.12. The molecule has 3 nitrogen and oxygen atoms in total. The smallest absolute Gasteiger partial charge is 0.255 e. The molecule has 0 aromatic heterocycles. The summed E-state index contributed by atoms with van der Waals surface area (Å²) >= 11 is 12.3. The van der Waals surface area contributed by atoms with E-state index < -0.39 is 4.33 Å². The number of hydrogen-bond donors (Lipinski definition) is 1. The van der Waals surface area contributed by atoms with Crippen molar-refractivity contribution in [1.82, 2.24) is 0 Å².